The fraction of sp³-hybridized carbons (Fsp3) is 0.517. The molecule has 0 amide bonds. The molecular weight excluding hydrogens is 444 g/mol. The second-order valence-electron chi connectivity index (χ2n) is 9.80. The zero-order valence-corrected chi connectivity index (χ0v) is 22.0. The van der Waals surface area contributed by atoms with Crippen LogP contribution in [0.2, 0.25) is 0 Å². The molecule has 0 N–H and O–H groups in total. The molecule has 0 aromatic heterocycles. The van der Waals surface area contributed by atoms with E-state index in [0.29, 0.717) is 45.3 Å². The highest BCUT2D eigenvalue weighted by Gasteiger charge is 2.32. The zero-order chi connectivity index (χ0) is 25.9. The van der Waals surface area contributed by atoms with E-state index in [-0.39, 0.29) is 11.9 Å². The van der Waals surface area contributed by atoms with Crippen LogP contribution in [0.3, 0.4) is 0 Å². The number of benzene rings is 2. The average molecular weight is 485 g/mol. The summed E-state index contributed by atoms with van der Waals surface area (Å²) in [5, 5.41) is 0. The maximum Gasteiger partial charge on any atom is 0.306 e. The van der Waals surface area contributed by atoms with E-state index in [1.165, 1.54) is 0 Å². The lowest BCUT2D eigenvalue weighted by atomic mass is 9.92. The summed E-state index contributed by atoms with van der Waals surface area (Å²) in [5.74, 6) is 1.19. The molecule has 192 valence electrons. The highest BCUT2D eigenvalue weighted by Crippen LogP contribution is 2.30. The summed E-state index contributed by atoms with van der Waals surface area (Å²) in [7, 11) is 0. The minimum atomic E-state index is -0.463. The first-order valence-corrected chi connectivity index (χ1v) is 12.4. The second kappa shape index (κ2) is 13.2. The Morgan fingerprint density at radius 2 is 0.971 bits per heavy atom. The second-order valence-corrected chi connectivity index (χ2v) is 9.80. The van der Waals surface area contributed by atoms with Crippen molar-refractivity contribution < 1.29 is 28.5 Å². The topological polar surface area (TPSA) is 71.1 Å². The number of carbonyl (C=O) groups excluding carboxylic acids is 2. The normalized spacial score (nSPS) is 11.6. The number of esters is 2. The molecule has 0 spiro atoms. The van der Waals surface area contributed by atoms with Crippen LogP contribution in [-0.4, -0.2) is 36.4 Å². The monoisotopic (exact) mass is 484 g/mol. The predicted molar refractivity (Wildman–Crippen MR) is 137 cm³/mol. The first-order chi connectivity index (χ1) is 16.5. The van der Waals surface area contributed by atoms with Gasteiger partial charge < -0.3 is 18.9 Å². The van der Waals surface area contributed by atoms with Crippen molar-refractivity contribution in [1.29, 1.82) is 0 Å². The molecule has 2 aromatic rings. The molecule has 35 heavy (non-hydrogen) atoms. The van der Waals surface area contributed by atoms with E-state index >= 15 is 0 Å². The van der Waals surface area contributed by atoms with Crippen LogP contribution in [0.4, 0.5) is 0 Å². The van der Waals surface area contributed by atoms with Crippen molar-refractivity contribution in [2.24, 2.45) is 0 Å². The molecule has 2 aromatic carbocycles. The van der Waals surface area contributed by atoms with Gasteiger partial charge in [0, 0.05) is 19.3 Å². The number of ether oxygens (including phenoxy) is 4. The van der Waals surface area contributed by atoms with Crippen molar-refractivity contribution in [2.75, 3.05) is 13.2 Å². The summed E-state index contributed by atoms with van der Waals surface area (Å²) in [6.45, 7) is 12.6. The van der Waals surface area contributed by atoms with Gasteiger partial charge in [-0.15, -0.1) is 0 Å². The minimum absolute atomic E-state index is 0.178. The van der Waals surface area contributed by atoms with Gasteiger partial charge in [0.05, 0.1) is 13.2 Å². The number of hydrogen-bond donors (Lipinski definition) is 0. The van der Waals surface area contributed by atoms with Crippen molar-refractivity contribution in [3.8, 4) is 11.5 Å². The Morgan fingerprint density at radius 3 is 1.29 bits per heavy atom. The molecule has 0 unspecified atom stereocenters. The third kappa shape index (κ3) is 10.8. The molecule has 0 aliphatic heterocycles. The van der Waals surface area contributed by atoms with E-state index in [1.807, 2.05) is 90.1 Å². The number of hydrogen-bond acceptors (Lipinski definition) is 6. The minimum Gasteiger partial charge on any atom is -0.488 e. The number of rotatable bonds is 14. The fourth-order valence-electron chi connectivity index (χ4n) is 4.14. The highest BCUT2D eigenvalue weighted by atomic mass is 16.5. The summed E-state index contributed by atoms with van der Waals surface area (Å²) in [6, 6.07) is 15.7. The van der Waals surface area contributed by atoms with Gasteiger partial charge in [0.25, 0.3) is 0 Å². The summed E-state index contributed by atoms with van der Waals surface area (Å²) in [4.78, 5) is 23.1. The van der Waals surface area contributed by atoms with Gasteiger partial charge in [0.15, 0.2) is 0 Å². The molecule has 0 radical (unpaired) electrons. The molecule has 0 atom stereocenters. The average Bonchev–Trinajstić information content (AvgIpc) is 2.77. The van der Waals surface area contributed by atoms with Gasteiger partial charge in [-0.25, -0.2) is 0 Å². The van der Waals surface area contributed by atoms with Gasteiger partial charge in [-0.2, -0.15) is 0 Å². The van der Waals surface area contributed by atoms with E-state index < -0.39 is 11.2 Å². The maximum absolute atomic E-state index is 11.6. The van der Waals surface area contributed by atoms with Gasteiger partial charge in [-0.3, -0.25) is 9.59 Å². The van der Waals surface area contributed by atoms with E-state index in [4.69, 9.17) is 18.9 Å². The molecule has 6 nitrogen and oxygen atoms in total. The molecule has 0 aliphatic rings. The molecule has 0 aliphatic carbocycles. The number of carbonyl (C=O) groups is 2. The molecule has 0 bridgehead atoms. The van der Waals surface area contributed by atoms with E-state index in [0.717, 1.165) is 22.6 Å². The van der Waals surface area contributed by atoms with Crippen molar-refractivity contribution in [2.45, 2.75) is 84.8 Å². The first kappa shape index (κ1) is 28.2. The first-order valence-electron chi connectivity index (χ1n) is 12.4. The van der Waals surface area contributed by atoms with Crippen LogP contribution in [-0.2, 0) is 31.9 Å². The molecule has 0 heterocycles. The van der Waals surface area contributed by atoms with Crippen LogP contribution in [0, 0.1) is 0 Å². The summed E-state index contributed by atoms with van der Waals surface area (Å²) in [6.07, 6.45) is 2.69. The molecular formula is C29H40O6. The van der Waals surface area contributed by atoms with Gasteiger partial charge in [-0.05, 0) is 89.8 Å². The van der Waals surface area contributed by atoms with E-state index in [1.54, 1.807) is 0 Å². The van der Waals surface area contributed by atoms with Gasteiger partial charge in [0.2, 0.25) is 0 Å². The molecule has 0 saturated carbocycles. The van der Waals surface area contributed by atoms with Crippen LogP contribution < -0.4 is 9.47 Å². The van der Waals surface area contributed by atoms with Crippen LogP contribution in [0.15, 0.2) is 48.5 Å². The fourth-order valence-corrected chi connectivity index (χ4v) is 4.14. The van der Waals surface area contributed by atoms with Crippen LogP contribution >= 0.6 is 0 Å². The third-order valence-electron chi connectivity index (χ3n) is 5.33. The largest absolute Gasteiger partial charge is 0.488 e. The molecule has 0 saturated heterocycles. The molecule has 2 rings (SSSR count). The summed E-state index contributed by atoms with van der Waals surface area (Å²) < 4.78 is 22.5. The van der Waals surface area contributed by atoms with E-state index in [2.05, 4.69) is 0 Å². The van der Waals surface area contributed by atoms with Crippen molar-refractivity contribution in [1.82, 2.24) is 0 Å². The Labute approximate surface area is 209 Å². The van der Waals surface area contributed by atoms with Crippen molar-refractivity contribution in [3.05, 3.63) is 59.7 Å². The van der Waals surface area contributed by atoms with Crippen LogP contribution in [0.25, 0.3) is 0 Å². The lowest BCUT2D eigenvalue weighted by molar-refractivity contribution is -0.144. The predicted octanol–water partition coefficient (Wildman–Crippen LogP) is 6.08. The van der Waals surface area contributed by atoms with E-state index in [9.17, 15) is 9.59 Å². The standard InChI is InChI=1S/C29H40O6/c1-7-32-26(30)19-13-22-9-15-24(16-10-22)34-28(3,4)21-29(5,6)35-25-17-11-23(12-18-25)14-20-27(31)33-8-2/h9-12,15-18H,7-8,13-14,19-21H2,1-6H3. The zero-order valence-electron chi connectivity index (χ0n) is 22.0. The molecule has 6 heteroatoms. The Bertz CT molecular complexity index is 851. The Balaban J connectivity index is 1.87. The van der Waals surface area contributed by atoms with Crippen LogP contribution in [0.1, 0.15) is 71.9 Å². The maximum atomic E-state index is 11.6. The number of aryl methyl sites for hydroxylation is 2. The van der Waals surface area contributed by atoms with Crippen molar-refractivity contribution >= 4 is 11.9 Å². The smallest absolute Gasteiger partial charge is 0.306 e. The quantitative estimate of drug-likeness (QED) is 0.303. The van der Waals surface area contributed by atoms with Gasteiger partial charge >= 0.3 is 11.9 Å². The summed E-state index contributed by atoms with van der Waals surface area (Å²) in [5.41, 5.74) is 1.21. The lowest BCUT2D eigenvalue weighted by Gasteiger charge is -2.35. The molecule has 0 fully saturated rings. The van der Waals surface area contributed by atoms with Crippen molar-refractivity contribution in [3.63, 3.8) is 0 Å². The Kier molecular flexibility index (Phi) is 10.6. The SMILES string of the molecule is CCOC(=O)CCc1ccc(OC(C)(C)CC(C)(C)Oc2ccc(CCC(=O)OCC)cc2)cc1. The third-order valence-corrected chi connectivity index (χ3v) is 5.33. The van der Waals surface area contributed by atoms with Gasteiger partial charge in [0.1, 0.15) is 22.7 Å². The summed E-state index contributed by atoms with van der Waals surface area (Å²) >= 11 is 0. The van der Waals surface area contributed by atoms with Crippen LogP contribution in [0.5, 0.6) is 11.5 Å². The Hall–Kier alpha value is -3.02. The van der Waals surface area contributed by atoms with Gasteiger partial charge in [-0.1, -0.05) is 24.3 Å². The Morgan fingerprint density at radius 1 is 0.629 bits per heavy atom. The highest BCUT2D eigenvalue weighted by molar-refractivity contribution is 5.70. The lowest BCUT2D eigenvalue weighted by Crippen LogP contribution is -2.41.